The molecule has 0 unspecified atom stereocenters. The van der Waals surface area contributed by atoms with Gasteiger partial charge in [-0.2, -0.15) is 10.1 Å². The maximum Gasteiger partial charge on any atom is 0.245 e. The number of amides is 1. The zero-order valence-corrected chi connectivity index (χ0v) is 20.2. The molecule has 8 heteroatoms. The lowest BCUT2D eigenvalue weighted by molar-refractivity contribution is -0.133. The monoisotopic (exact) mass is 463 g/mol. The Morgan fingerprint density at radius 1 is 0.912 bits per heavy atom. The first-order valence-corrected chi connectivity index (χ1v) is 13.5. The summed E-state index contributed by atoms with van der Waals surface area (Å²) in [6.07, 6.45) is 14.8. The van der Waals surface area contributed by atoms with Crippen molar-refractivity contribution in [1.82, 2.24) is 25.1 Å². The highest BCUT2D eigenvalue weighted by molar-refractivity contribution is 5.85. The van der Waals surface area contributed by atoms with Crippen molar-refractivity contribution in [3.05, 3.63) is 23.0 Å². The van der Waals surface area contributed by atoms with Gasteiger partial charge in [0.05, 0.1) is 5.69 Å². The van der Waals surface area contributed by atoms with Crippen LogP contribution in [0.5, 0.6) is 0 Å². The van der Waals surface area contributed by atoms with E-state index in [4.69, 9.17) is 9.97 Å². The average Bonchev–Trinajstić information content (AvgIpc) is 3.66. The van der Waals surface area contributed by atoms with Gasteiger partial charge < -0.3 is 15.1 Å². The molecule has 2 saturated heterocycles. The van der Waals surface area contributed by atoms with Gasteiger partial charge in [-0.1, -0.05) is 12.8 Å². The van der Waals surface area contributed by atoms with Crippen molar-refractivity contribution < 1.29 is 4.79 Å². The normalized spacial score (nSPS) is 23.4. The molecule has 8 nitrogen and oxygen atoms in total. The number of fused-ring (bicyclic) bond motifs is 1. The Morgan fingerprint density at radius 2 is 1.74 bits per heavy atom. The van der Waals surface area contributed by atoms with Crippen LogP contribution in [-0.2, 0) is 17.6 Å². The number of H-pyrrole nitrogens is 1. The second-order valence-corrected chi connectivity index (χ2v) is 10.6. The first kappa shape index (κ1) is 21.9. The lowest BCUT2D eigenvalue weighted by Gasteiger charge is -2.33. The van der Waals surface area contributed by atoms with E-state index in [0.717, 1.165) is 88.3 Å². The number of likely N-dealkylation sites (tertiary alicyclic amines) is 1. The van der Waals surface area contributed by atoms with Crippen molar-refractivity contribution in [1.29, 1.82) is 0 Å². The lowest BCUT2D eigenvalue weighted by atomic mass is 9.96. The Labute approximate surface area is 201 Å². The Hall–Kier alpha value is -2.64. The average molecular weight is 464 g/mol. The van der Waals surface area contributed by atoms with E-state index < -0.39 is 0 Å². The van der Waals surface area contributed by atoms with Crippen LogP contribution in [-0.4, -0.2) is 56.6 Å². The molecule has 2 N–H and O–H groups in total. The fourth-order valence-corrected chi connectivity index (χ4v) is 6.37. The predicted octanol–water partition coefficient (Wildman–Crippen LogP) is 4.46. The van der Waals surface area contributed by atoms with E-state index in [0.29, 0.717) is 11.9 Å². The maximum absolute atomic E-state index is 13.4. The van der Waals surface area contributed by atoms with Crippen molar-refractivity contribution in [3.63, 3.8) is 0 Å². The summed E-state index contributed by atoms with van der Waals surface area (Å²) in [6.45, 7) is 2.63. The third kappa shape index (κ3) is 4.27. The first-order chi connectivity index (χ1) is 16.8. The molecule has 182 valence electrons. The summed E-state index contributed by atoms with van der Waals surface area (Å²) in [5.41, 5.74) is 3.59. The van der Waals surface area contributed by atoms with Gasteiger partial charge in [-0.05, 0) is 70.6 Å². The summed E-state index contributed by atoms with van der Waals surface area (Å²) in [7, 11) is 0. The van der Waals surface area contributed by atoms with E-state index in [1.54, 1.807) is 0 Å². The number of nitrogens with zero attached hydrogens (tertiary/aromatic N) is 5. The smallest absolute Gasteiger partial charge is 0.245 e. The van der Waals surface area contributed by atoms with E-state index in [2.05, 4.69) is 31.4 Å². The van der Waals surface area contributed by atoms with Crippen molar-refractivity contribution in [3.8, 4) is 0 Å². The van der Waals surface area contributed by atoms with Crippen LogP contribution in [0.3, 0.4) is 0 Å². The van der Waals surface area contributed by atoms with Crippen LogP contribution in [0.4, 0.5) is 17.6 Å². The molecule has 2 aromatic rings. The number of anilines is 3. The number of rotatable bonds is 5. The minimum Gasteiger partial charge on any atom is -0.341 e. The Kier molecular flexibility index (Phi) is 6.14. The molecule has 2 aromatic heterocycles. The van der Waals surface area contributed by atoms with Gasteiger partial charge in [-0.25, -0.2) is 4.98 Å². The third-order valence-corrected chi connectivity index (χ3v) is 8.27. The summed E-state index contributed by atoms with van der Waals surface area (Å²) >= 11 is 0. The summed E-state index contributed by atoms with van der Waals surface area (Å²) in [5, 5.41) is 11.4. The van der Waals surface area contributed by atoms with Crippen LogP contribution in [0.25, 0.3) is 0 Å². The van der Waals surface area contributed by atoms with Crippen LogP contribution in [0.1, 0.15) is 93.5 Å². The van der Waals surface area contributed by atoms with Crippen LogP contribution in [0.2, 0.25) is 0 Å². The van der Waals surface area contributed by atoms with Crippen LogP contribution in [0.15, 0.2) is 6.07 Å². The van der Waals surface area contributed by atoms with Crippen LogP contribution < -0.4 is 10.2 Å². The largest absolute Gasteiger partial charge is 0.341 e. The maximum atomic E-state index is 13.4. The fourth-order valence-electron chi connectivity index (χ4n) is 6.37. The SMILES string of the molecule is O=C([C@@H]1CCCN1c1nc2c(c(Nc3cc(C4CCCC4)[nH]n3)n1)CCCC2)N1CCCCC1. The summed E-state index contributed by atoms with van der Waals surface area (Å²) in [6, 6.07) is 2.03. The highest BCUT2D eigenvalue weighted by Gasteiger charge is 2.36. The molecule has 0 bridgehead atoms. The molecule has 2 aliphatic heterocycles. The third-order valence-electron chi connectivity index (χ3n) is 8.27. The highest BCUT2D eigenvalue weighted by atomic mass is 16.2. The summed E-state index contributed by atoms with van der Waals surface area (Å²) < 4.78 is 0. The molecule has 0 radical (unpaired) electrons. The zero-order chi connectivity index (χ0) is 22.9. The zero-order valence-electron chi connectivity index (χ0n) is 20.2. The number of carbonyl (C=O) groups is 1. The number of aromatic nitrogens is 4. The quantitative estimate of drug-likeness (QED) is 0.680. The van der Waals surface area contributed by atoms with E-state index in [1.165, 1.54) is 43.4 Å². The van der Waals surface area contributed by atoms with E-state index in [1.807, 2.05) is 0 Å². The topological polar surface area (TPSA) is 90.0 Å². The number of nitrogens with one attached hydrogen (secondary N) is 2. The molecule has 3 fully saturated rings. The molecule has 4 aliphatic rings. The number of carbonyl (C=O) groups excluding carboxylic acids is 1. The van der Waals surface area contributed by atoms with Gasteiger partial charge in [0.1, 0.15) is 11.9 Å². The minimum atomic E-state index is -0.132. The van der Waals surface area contributed by atoms with Gasteiger partial charge in [0.15, 0.2) is 5.82 Å². The van der Waals surface area contributed by atoms with Gasteiger partial charge >= 0.3 is 0 Å². The van der Waals surface area contributed by atoms with Crippen LogP contribution in [0, 0.1) is 0 Å². The minimum absolute atomic E-state index is 0.132. The Morgan fingerprint density at radius 3 is 2.59 bits per heavy atom. The summed E-state index contributed by atoms with van der Waals surface area (Å²) in [4.78, 5) is 27.7. The lowest BCUT2D eigenvalue weighted by Crippen LogP contribution is -2.48. The molecular formula is C26H37N7O. The second-order valence-electron chi connectivity index (χ2n) is 10.6. The molecule has 0 aromatic carbocycles. The molecule has 2 aliphatic carbocycles. The molecule has 34 heavy (non-hydrogen) atoms. The van der Waals surface area contributed by atoms with Gasteiger partial charge in [0, 0.05) is 42.9 Å². The molecule has 1 saturated carbocycles. The van der Waals surface area contributed by atoms with Crippen molar-refractivity contribution >= 4 is 23.5 Å². The number of hydrogen-bond acceptors (Lipinski definition) is 6. The van der Waals surface area contributed by atoms with Gasteiger partial charge in [-0.15, -0.1) is 0 Å². The van der Waals surface area contributed by atoms with E-state index in [9.17, 15) is 4.79 Å². The fraction of sp³-hybridized carbons (Fsp3) is 0.692. The molecule has 6 rings (SSSR count). The van der Waals surface area contributed by atoms with Gasteiger partial charge in [0.25, 0.3) is 0 Å². The first-order valence-electron chi connectivity index (χ1n) is 13.5. The summed E-state index contributed by atoms with van der Waals surface area (Å²) in [5.74, 6) is 3.29. The van der Waals surface area contributed by atoms with Gasteiger partial charge in [-0.3, -0.25) is 9.89 Å². The predicted molar refractivity (Wildman–Crippen MR) is 133 cm³/mol. The van der Waals surface area contributed by atoms with Gasteiger partial charge in [0.2, 0.25) is 11.9 Å². The van der Waals surface area contributed by atoms with Crippen molar-refractivity contribution in [2.75, 3.05) is 29.9 Å². The molecule has 0 spiro atoms. The molecule has 4 heterocycles. The Balaban J connectivity index is 1.27. The van der Waals surface area contributed by atoms with Crippen molar-refractivity contribution in [2.24, 2.45) is 0 Å². The Bertz CT molecular complexity index is 1020. The van der Waals surface area contributed by atoms with E-state index in [-0.39, 0.29) is 11.9 Å². The number of aromatic amines is 1. The number of hydrogen-bond donors (Lipinski definition) is 2. The molecular weight excluding hydrogens is 426 g/mol. The molecule has 1 amide bonds. The number of piperidine rings is 1. The standard InChI is InChI=1S/C26H37N7O/c34-25(32-14-6-1-7-15-32)22-13-8-16-33(22)26-27-20-12-5-4-11-19(20)24(29-26)28-23-17-21(30-31-23)18-9-2-3-10-18/h17-18,22H,1-16H2,(H2,27,28,29,30,31)/t22-/m0/s1. The number of aryl methyl sites for hydroxylation is 1. The second kappa shape index (κ2) is 9.55. The molecule has 1 atom stereocenters. The highest BCUT2D eigenvalue weighted by Crippen LogP contribution is 2.35. The van der Waals surface area contributed by atoms with E-state index >= 15 is 0 Å². The van der Waals surface area contributed by atoms with Crippen molar-refractivity contribution in [2.45, 2.75) is 95.4 Å². The van der Waals surface area contributed by atoms with Crippen LogP contribution >= 0.6 is 0 Å².